The molecule has 1 aromatic heterocycles. The van der Waals surface area contributed by atoms with Crippen LogP contribution in [0.2, 0.25) is 0 Å². The van der Waals surface area contributed by atoms with E-state index in [0.717, 1.165) is 58.1 Å². The van der Waals surface area contributed by atoms with Crippen molar-refractivity contribution < 1.29 is 9.53 Å². The molecule has 22 heavy (non-hydrogen) atoms. The minimum atomic E-state index is 0.00393. The van der Waals surface area contributed by atoms with Gasteiger partial charge in [-0.25, -0.2) is 0 Å². The molecule has 0 saturated carbocycles. The van der Waals surface area contributed by atoms with Crippen molar-refractivity contribution in [1.29, 1.82) is 0 Å². The Hall–Kier alpha value is -1.69. The molecule has 6 nitrogen and oxygen atoms in total. The number of nitrogens with zero attached hydrogens (tertiary/aromatic N) is 4. The van der Waals surface area contributed by atoms with Gasteiger partial charge >= 0.3 is 0 Å². The summed E-state index contributed by atoms with van der Waals surface area (Å²) in [6.45, 7) is 5.29. The molecule has 3 aliphatic rings. The summed E-state index contributed by atoms with van der Waals surface area (Å²) in [5.41, 5.74) is 0.650. The molecule has 3 fully saturated rings. The molecule has 0 aromatic carbocycles. The van der Waals surface area contributed by atoms with Gasteiger partial charge in [0, 0.05) is 38.2 Å². The van der Waals surface area contributed by atoms with E-state index in [0.29, 0.717) is 5.69 Å². The molecule has 1 aromatic rings. The van der Waals surface area contributed by atoms with Gasteiger partial charge < -0.3 is 14.5 Å². The molecule has 0 bridgehead atoms. The normalized spacial score (nSPS) is 28.0. The number of likely N-dealkylation sites (tertiary alicyclic amines) is 1. The average Bonchev–Trinajstić information content (AvgIpc) is 3.30. The van der Waals surface area contributed by atoms with Crippen LogP contribution < -0.4 is 4.90 Å². The fraction of sp³-hybridized carbons (Fsp3) is 0.688. The first kappa shape index (κ1) is 13.9. The highest BCUT2D eigenvalue weighted by Gasteiger charge is 2.43. The SMILES string of the molecule is O=C(c1ccc(N2CCCC2)nn1)N1CC[C@@]2(CCOC2)C1. The number of hydrogen-bond donors (Lipinski definition) is 0. The van der Waals surface area contributed by atoms with E-state index in [4.69, 9.17) is 4.74 Å². The lowest BCUT2D eigenvalue weighted by Crippen LogP contribution is -2.33. The van der Waals surface area contributed by atoms with E-state index in [-0.39, 0.29) is 11.3 Å². The van der Waals surface area contributed by atoms with Gasteiger partial charge in [-0.1, -0.05) is 0 Å². The Balaban J connectivity index is 1.44. The summed E-state index contributed by atoms with van der Waals surface area (Å²) < 4.78 is 5.52. The number of rotatable bonds is 2. The van der Waals surface area contributed by atoms with Crippen molar-refractivity contribution in [3.8, 4) is 0 Å². The highest BCUT2D eigenvalue weighted by molar-refractivity contribution is 5.92. The standard InChI is InChI=1S/C16H22N4O2/c21-15(20-9-5-16(11-20)6-10-22-12-16)13-3-4-14(18-17-13)19-7-1-2-8-19/h3-4H,1-2,5-12H2/t16-/m1/s1. The van der Waals surface area contributed by atoms with Crippen LogP contribution in [-0.4, -0.2) is 60.4 Å². The molecule has 0 aliphatic carbocycles. The van der Waals surface area contributed by atoms with E-state index < -0.39 is 0 Å². The molecule has 4 rings (SSSR count). The molecule has 0 N–H and O–H groups in total. The van der Waals surface area contributed by atoms with Gasteiger partial charge in [-0.05, 0) is 37.8 Å². The van der Waals surface area contributed by atoms with Crippen LogP contribution in [0.4, 0.5) is 5.82 Å². The third kappa shape index (κ3) is 2.45. The zero-order chi connectivity index (χ0) is 15.0. The molecule has 0 unspecified atom stereocenters. The topological polar surface area (TPSA) is 58.6 Å². The predicted octanol–water partition coefficient (Wildman–Crippen LogP) is 1.33. The van der Waals surface area contributed by atoms with Crippen LogP contribution in [0.5, 0.6) is 0 Å². The van der Waals surface area contributed by atoms with Crippen LogP contribution >= 0.6 is 0 Å². The molecule has 1 spiro atoms. The van der Waals surface area contributed by atoms with Crippen LogP contribution in [0, 0.1) is 5.41 Å². The van der Waals surface area contributed by atoms with E-state index in [1.807, 2.05) is 17.0 Å². The number of carbonyl (C=O) groups excluding carboxylic acids is 1. The molecule has 6 heteroatoms. The lowest BCUT2D eigenvalue weighted by Gasteiger charge is -2.21. The van der Waals surface area contributed by atoms with Gasteiger partial charge in [0.05, 0.1) is 6.61 Å². The smallest absolute Gasteiger partial charge is 0.274 e. The number of carbonyl (C=O) groups is 1. The largest absolute Gasteiger partial charge is 0.381 e. The number of hydrogen-bond acceptors (Lipinski definition) is 5. The van der Waals surface area contributed by atoms with Crippen LogP contribution in [0.3, 0.4) is 0 Å². The Morgan fingerprint density at radius 3 is 2.68 bits per heavy atom. The number of anilines is 1. The Morgan fingerprint density at radius 1 is 1.14 bits per heavy atom. The number of aromatic nitrogens is 2. The molecular weight excluding hydrogens is 280 g/mol. The summed E-state index contributed by atoms with van der Waals surface area (Å²) in [5, 5.41) is 8.41. The molecule has 1 amide bonds. The molecule has 1 atom stereocenters. The van der Waals surface area contributed by atoms with Crippen LogP contribution in [-0.2, 0) is 4.74 Å². The number of amides is 1. The van der Waals surface area contributed by atoms with Gasteiger partial charge in [-0.15, -0.1) is 10.2 Å². The summed E-state index contributed by atoms with van der Waals surface area (Å²) in [6, 6.07) is 3.75. The summed E-state index contributed by atoms with van der Waals surface area (Å²) in [6.07, 6.45) is 4.52. The maximum absolute atomic E-state index is 12.6. The Labute approximate surface area is 130 Å². The average molecular weight is 302 g/mol. The van der Waals surface area contributed by atoms with Crippen molar-refractivity contribution >= 4 is 11.7 Å². The highest BCUT2D eigenvalue weighted by Crippen LogP contribution is 2.38. The van der Waals surface area contributed by atoms with Gasteiger partial charge in [0.15, 0.2) is 11.5 Å². The van der Waals surface area contributed by atoms with Gasteiger partial charge in [0.25, 0.3) is 5.91 Å². The molecule has 118 valence electrons. The second-order valence-electron chi connectivity index (χ2n) is 6.75. The second kappa shape index (κ2) is 5.50. The minimum absolute atomic E-state index is 0.00393. The maximum atomic E-state index is 12.6. The molecular formula is C16H22N4O2. The highest BCUT2D eigenvalue weighted by atomic mass is 16.5. The zero-order valence-electron chi connectivity index (χ0n) is 12.8. The molecule has 3 aliphatic heterocycles. The van der Waals surface area contributed by atoms with Crippen molar-refractivity contribution in [2.24, 2.45) is 5.41 Å². The van der Waals surface area contributed by atoms with E-state index in [9.17, 15) is 4.79 Å². The van der Waals surface area contributed by atoms with E-state index >= 15 is 0 Å². The predicted molar refractivity (Wildman–Crippen MR) is 81.9 cm³/mol. The Kier molecular flexibility index (Phi) is 3.48. The third-order valence-corrected chi connectivity index (χ3v) is 5.21. The van der Waals surface area contributed by atoms with Crippen LogP contribution in [0.15, 0.2) is 12.1 Å². The lowest BCUT2D eigenvalue weighted by molar-refractivity contribution is 0.0759. The van der Waals surface area contributed by atoms with Crippen molar-refractivity contribution in [3.63, 3.8) is 0 Å². The van der Waals surface area contributed by atoms with Crippen molar-refractivity contribution in [2.45, 2.75) is 25.7 Å². The molecule has 3 saturated heterocycles. The van der Waals surface area contributed by atoms with Crippen LogP contribution in [0.25, 0.3) is 0 Å². The fourth-order valence-electron chi connectivity index (χ4n) is 3.80. The van der Waals surface area contributed by atoms with Crippen LogP contribution in [0.1, 0.15) is 36.2 Å². The lowest BCUT2D eigenvalue weighted by atomic mass is 9.87. The quantitative estimate of drug-likeness (QED) is 0.825. The zero-order valence-corrected chi connectivity index (χ0v) is 12.8. The second-order valence-corrected chi connectivity index (χ2v) is 6.75. The minimum Gasteiger partial charge on any atom is -0.381 e. The first-order chi connectivity index (χ1) is 10.8. The summed E-state index contributed by atoms with van der Waals surface area (Å²) in [5.74, 6) is 0.889. The fourth-order valence-corrected chi connectivity index (χ4v) is 3.80. The van der Waals surface area contributed by atoms with Gasteiger partial charge in [0.1, 0.15) is 0 Å². The Bertz CT molecular complexity index is 548. The van der Waals surface area contributed by atoms with E-state index in [2.05, 4.69) is 15.1 Å². The maximum Gasteiger partial charge on any atom is 0.274 e. The van der Waals surface area contributed by atoms with Gasteiger partial charge in [-0.3, -0.25) is 4.79 Å². The van der Waals surface area contributed by atoms with Crippen molar-refractivity contribution in [2.75, 3.05) is 44.3 Å². The van der Waals surface area contributed by atoms with Crippen molar-refractivity contribution in [3.05, 3.63) is 17.8 Å². The van der Waals surface area contributed by atoms with Gasteiger partial charge in [-0.2, -0.15) is 0 Å². The first-order valence-electron chi connectivity index (χ1n) is 8.22. The molecule has 4 heterocycles. The summed E-state index contributed by atoms with van der Waals surface area (Å²) in [7, 11) is 0. The third-order valence-electron chi connectivity index (χ3n) is 5.21. The summed E-state index contributed by atoms with van der Waals surface area (Å²) >= 11 is 0. The van der Waals surface area contributed by atoms with E-state index in [1.165, 1.54) is 12.8 Å². The monoisotopic (exact) mass is 302 g/mol. The van der Waals surface area contributed by atoms with Crippen molar-refractivity contribution in [1.82, 2.24) is 15.1 Å². The number of ether oxygens (including phenoxy) is 1. The summed E-state index contributed by atoms with van der Waals surface area (Å²) in [4.78, 5) is 16.7. The molecule has 0 radical (unpaired) electrons. The van der Waals surface area contributed by atoms with Gasteiger partial charge in [0.2, 0.25) is 0 Å². The Morgan fingerprint density at radius 2 is 2.00 bits per heavy atom. The first-order valence-corrected chi connectivity index (χ1v) is 8.22. The van der Waals surface area contributed by atoms with E-state index in [1.54, 1.807) is 0 Å².